The van der Waals surface area contributed by atoms with Gasteiger partial charge in [-0.05, 0) is 37.7 Å². The third-order valence-electron chi connectivity index (χ3n) is 2.14. The highest BCUT2D eigenvalue weighted by atomic mass is 16.3. The molecule has 0 heterocycles. The van der Waals surface area contributed by atoms with Crippen molar-refractivity contribution in [3.8, 4) is 0 Å². The Labute approximate surface area is 62.8 Å². The van der Waals surface area contributed by atoms with Gasteiger partial charge in [0, 0.05) is 0 Å². The molecule has 58 valence electrons. The Balaban J connectivity index is 2.44. The lowest BCUT2D eigenvalue weighted by Gasteiger charge is -2.16. The van der Waals surface area contributed by atoms with Crippen LogP contribution in [-0.2, 0) is 0 Å². The quantitative estimate of drug-likeness (QED) is 0.583. The molecule has 0 saturated heterocycles. The Morgan fingerprint density at radius 3 is 2.90 bits per heavy atom. The van der Waals surface area contributed by atoms with Crippen molar-refractivity contribution in [2.24, 2.45) is 0 Å². The maximum atomic E-state index is 9.41. The lowest BCUT2D eigenvalue weighted by Crippen LogP contribution is -2.10. The van der Waals surface area contributed by atoms with E-state index < -0.39 is 0 Å². The zero-order valence-electron chi connectivity index (χ0n) is 6.64. The van der Waals surface area contributed by atoms with Crippen LogP contribution in [0, 0.1) is 0 Å². The Bertz CT molecular complexity index is 127. The van der Waals surface area contributed by atoms with E-state index in [1.54, 1.807) is 0 Å². The van der Waals surface area contributed by atoms with Crippen LogP contribution in [0.4, 0.5) is 0 Å². The smallest absolute Gasteiger partial charge is 0.0747 e. The zero-order chi connectivity index (χ0) is 7.40. The first-order valence-electron chi connectivity index (χ1n) is 4.21. The summed E-state index contributed by atoms with van der Waals surface area (Å²) in [6, 6.07) is 0. The first-order chi connectivity index (χ1) is 4.84. The van der Waals surface area contributed by atoms with E-state index in [2.05, 4.69) is 6.08 Å². The summed E-state index contributed by atoms with van der Waals surface area (Å²) < 4.78 is 0. The van der Waals surface area contributed by atoms with Gasteiger partial charge < -0.3 is 5.11 Å². The fourth-order valence-corrected chi connectivity index (χ4v) is 1.43. The van der Waals surface area contributed by atoms with E-state index in [0.29, 0.717) is 0 Å². The summed E-state index contributed by atoms with van der Waals surface area (Å²) in [5.74, 6) is 0. The summed E-state index contributed by atoms with van der Waals surface area (Å²) in [5.41, 5.74) is 1.27. The standard InChI is InChI=1S/C9H16O/c1-2-9(10)8-6-4-3-5-7-8/h6,9-10H,2-5,7H2,1H3. The monoisotopic (exact) mass is 140 g/mol. The van der Waals surface area contributed by atoms with Crippen molar-refractivity contribution in [2.45, 2.75) is 45.1 Å². The SMILES string of the molecule is CCC(O)C1=CCCCC1. The van der Waals surface area contributed by atoms with Crippen LogP contribution in [0.15, 0.2) is 11.6 Å². The van der Waals surface area contributed by atoms with Crippen LogP contribution in [0.1, 0.15) is 39.0 Å². The van der Waals surface area contributed by atoms with Crippen molar-refractivity contribution in [2.75, 3.05) is 0 Å². The van der Waals surface area contributed by atoms with Crippen molar-refractivity contribution in [3.63, 3.8) is 0 Å². The average molecular weight is 140 g/mol. The number of hydrogen-bond acceptors (Lipinski definition) is 1. The van der Waals surface area contributed by atoms with Gasteiger partial charge in [0.05, 0.1) is 6.10 Å². The minimum Gasteiger partial charge on any atom is -0.389 e. The molecule has 10 heavy (non-hydrogen) atoms. The fourth-order valence-electron chi connectivity index (χ4n) is 1.43. The van der Waals surface area contributed by atoms with E-state index in [4.69, 9.17) is 0 Å². The van der Waals surface area contributed by atoms with E-state index in [0.717, 1.165) is 12.8 Å². The van der Waals surface area contributed by atoms with Gasteiger partial charge in [-0.15, -0.1) is 0 Å². The first kappa shape index (κ1) is 7.80. The molecular formula is C9H16O. The molecule has 1 N–H and O–H groups in total. The molecule has 1 rings (SSSR count). The Morgan fingerprint density at radius 1 is 1.60 bits per heavy atom. The third-order valence-corrected chi connectivity index (χ3v) is 2.14. The molecular weight excluding hydrogens is 124 g/mol. The second kappa shape index (κ2) is 3.77. The molecule has 0 amide bonds. The minimum absolute atomic E-state index is 0.153. The molecule has 0 aliphatic heterocycles. The molecule has 1 unspecified atom stereocenters. The molecule has 1 nitrogen and oxygen atoms in total. The lowest BCUT2D eigenvalue weighted by atomic mass is 9.94. The number of aliphatic hydroxyl groups is 1. The molecule has 0 saturated carbocycles. The molecule has 0 spiro atoms. The van der Waals surface area contributed by atoms with Crippen LogP contribution in [0.5, 0.6) is 0 Å². The van der Waals surface area contributed by atoms with Crippen molar-refractivity contribution >= 4 is 0 Å². The van der Waals surface area contributed by atoms with Gasteiger partial charge in [0.25, 0.3) is 0 Å². The molecule has 0 bridgehead atoms. The summed E-state index contributed by atoms with van der Waals surface area (Å²) in [6.07, 6.45) is 7.79. The fraction of sp³-hybridized carbons (Fsp3) is 0.778. The van der Waals surface area contributed by atoms with E-state index >= 15 is 0 Å². The van der Waals surface area contributed by atoms with Gasteiger partial charge in [0.1, 0.15) is 0 Å². The van der Waals surface area contributed by atoms with Crippen LogP contribution in [0.3, 0.4) is 0 Å². The van der Waals surface area contributed by atoms with E-state index in [-0.39, 0.29) is 6.10 Å². The van der Waals surface area contributed by atoms with Gasteiger partial charge in [-0.1, -0.05) is 13.0 Å². The number of aliphatic hydroxyl groups excluding tert-OH is 1. The number of hydrogen-bond donors (Lipinski definition) is 1. The Hall–Kier alpha value is -0.300. The van der Waals surface area contributed by atoms with Gasteiger partial charge in [-0.2, -0.15) is 0 Å². The normalized spacial score (nSPS) is 22.0. The van der Waals surface area contributed by atoms with Crippen LogP contribution in [0.25, 0.3) is 0 Å². The molecule has 0 radical (unpaired) electrons. The molecule has 1 aliphatic rings. The molecule has 0 aromatic rings. The number of rotatable bonds is 2. The van der Waals surface area contributed by atoms with Crippen LogP contribution < -0.4 is 0 Å². The van der Waals surface area contributed by atoms with Gasteiger partial charge in [-0.25, -0.2) is 0 Å². The van der Waals surface area contributed by atoms with Gasteiger partial charge in [-0.3, -0.25) is 0 Å². The van der Waals surface area contributed by atoms with Crippen molar-refractivity contribution < 1.29 is 5.11 Å². The molecule has 1 heteroatoms. The first-order valence-corrected chi connectivity index (χ1v) is 4.21. The van der Waals surface area contributed by atoms with Crippen molar-refractivity contribution in [1.82, 2.24) is 0 Å². The van der Waals surface area contributed by atoms with Crippen LogP contribution >= 0.6 is 0 Å². The molecule has 0 fully saturated rings. The summed E-state index contributed by atoms with van der Waals surface area (Å²) in [7, 11) is 0. The van der Waals surface area contributed by atoms with E-state index in [1.807, 2.05) is 6.92 Å². The van der Waals surface area contributed by atoms with E-state index in [1.165, 1.54) is 24.8 Å². The molecule has 0 aromatic heterocycles. The van der Waals surface area contributed by atoms with Crippen molar-refractivity contribution in [1.29, 1.82) is 0 Å². The second-order valence-corrected chi connectivity index (χ2v) is 2.95. The molecule has 0 aromatic carbocycles. The lowest BCUT2D eigenvalue weighted by molar-refractivity contribution is 0.199. The van der Waals surface area contributed by atoms with Crippen molar-refractivity contribution in [3.05, 3.63) is 11.6 Å². The van der Waals surface area contributed by atoms with Gasteiger partial charge in [0.15, 0.2) is 0 Å². The van der Waals surface area contributed by atoms with Gasteiger partial charge >= 0.3 is 0 Å². The molecule has 1 aliphatic carbocycles. The largest absolute Gasteiger partial charge is 0.389 e. The highest BCUT2D eigenvalue weighted by Gasteiger charge is 2.10. The topological polar surface area (TPSA) is 20.2 Å². The predicted octanol–water partition coefficient (Wildman–Crippen LogP) is 2.26. The minimum atomic E-state index is -0.153. The summed E-state index contributed by atoms with van der Waals surface area (Å²) in [6.45, 7) is 2.03. The van der Waals surface area contributed by atoms with Crippen LogP contribution in [-0.4, -0.2) is 11.2 Å². The van der Waals surface area contributed by atoms with E-state index in [9.17, 15) is 5.11 Å². The maximum Gasteiger partial charge on any atom is 0.0747 e. The average Bonchev–Trinajstić information content (AvgIpc) is 2.05. The summed E-state index contributed by atoms with van der Waals surface area (Å²) >= 11 is 0. The maximum absolute atomic E-state index is 9.41. The second-order valence-electron chi connectivity index (χ2n) is 2.95. The Morgan fingerprint density at radius 2 is 2.40 bits per heavy atom. The Kier molecular flexibility index (Phi) is 2.94. The zero-order valence-corrected chi connectivity index (χ0v) is 6.64. The van der Waals surface area contributed by atoms with Crippen LogP contribution in [0.2, 0.25) is 0 Å². The molecule has 1 atom stereocenters. The third kappa shape index (κ3) is 1.84. The van der Waals surface area contributed by atoms with Gasteiger partial charge in [0.2, 0.25) is 0 Å². The number of allylic oxidation sites excluding steroid dienone is 1. The summed E-state index contributed by atoms with van der Waals surface area (Å²) in [5, 5.41) is 9.41. The highest BCUT2D eigenvalue weighted by molar-refractivity contribution is 5.09. The predicted molar refractivity (Wildman–Crippen MR) is 42.8 cm³/mol. The highest BCUT2D eigenvalue weighted by Crippen LogP contribution is 2.21. The summed E-state index contributed by atoms with van der Waals surface area (Å²) in [4.78, 5) is 0.